The van der Waals surface area contributed by atoms with Gasteiger partial charge in [0.1, 0.15) is 21.4 Å². The number of aliphatic hydroxyl groups is 1. The molecule has 1 fully saturated rings. The highest BCUT2D eigenvalue weighted by atomic mass is 32.1. The number of amides is 2. The first-order valence-electron chi connectivity index (χ1n) is 7.84. The van der Waals surface area contributed by atoms with Crippen molar-refractivity contribution >= 4 is 38.8 Å². The van der Waals surface area contributed by atoms with Crippen LogP contribution in [0.5, 0.6) is 0 Å². The summed E-state index contributed by atoms with van der Waals surface area (Å²) in [7, 11) is 3.49. The Morgan fingerprint density at radius 3 is 2.65 bits per heavy atom. The van der Waals surface area contributed by atoms with Gasteiger partial charge >= 0.3 is 0 Å². The van der Waals surface area contributed by atoms with Crippen molar-refractivity contribution in [3.05, 3.63) is 16.1 Å². The van der Waals surface area contributed by atoms with E-state index in [1.807, 2.05) is 6.92 Å². The molecule has 1 aromatic rings. The number of rotatable bonds is 4. The van der Waals surface area contributed by atoms with E-state index >= 15 is 0 Å². The van der Waals surface area contributed by atoms with E-state index in [-0.39, 0.29) is 22.9 Å². The molecule has 0 saturated carbocycles. The summed E-state index contributed by atoms with van der Waals surface area (Å²) >= 11 is 1.15. The third-order valence-corrected chi connectivity index (χ3v) is 5.53. The minimum Gasteiger partial charge on any atom is -0.390 e. The normalized spacial score (nSPS) is 19.0. The molecule has 0 aromatic carbocycles. The monoisotopic (exact) mass is 335 g/mol. The lowest BCUT2D eigenvalue weighted by atomic mass is 9.54. The maximum absolute atomic E-state index is 12.4. The van der Waals surface area contributed by atoms with E-state index in [9.17, 15) is 14.7 Å². The van der Waals surface area contributed by atoms with Gasteiger partial charge in [0.25, 0.3) is 11.8 Å². The maximum Gasteiger partial charge on any atom is 0.279 e. The summed E-state index contributed by atoms with van der Waals surface area (Å²) < 4.78 is 0. The zero-order chi connectivity index (χ0) is 17.4. The minimum atomic E-state index is -1.08. The van der Waals surface area contributed by atoms with Crippen molar-refractivity contribution in [1.29, 1.82) is 0 Å². The Morgan fingerprint density at radius 1 is 1.48 bits per heavy atom. The lowest BCUT2D eigenvalue weighted by molar-refractivity contribution is 0.0455. The van der Waals surface area contributed by atoms with Crippen LogP contribution in [0.15, 0.2) is 5.38 Å². The van der Waals surface area contributed by atoms with Crippen LogP contribution in [0.1, 0.15) is 53.9 Å². The molecular weight excluding hydrogens is 312 g/mol. The van der Waals surface area contributed by atoms with Crippen LogP contribution in [0.25, 0.3) is 0 Å². The van der Waals surface area contributed by atoms with E-state index in [1.165, 1.54) is 0 Å². The van der Waals surface area contributed by atoms with E-state index in [0.29, 0.717) is 5.69 Å². The quantitative estimate of drug-likeness (QED) is 0.705. The standard InChI is InChI=1S/C14H23B2N3O3S/c1-8-5-4-6-19(8)12(21)9-7-23-11(17-9)10(20)18-14(15,16)13(2,3)22/h7-8,22H,4-6,15-16H2,1-3H3,(H,18,20)/t8-/m0/s1. The Kier molecular flexibility index (Phi) is 4.92. The van der Waals surface area contributed by atoms with Crippen molar-refractivity contribution in [1.82, 2.24) is 15.2 Å². The van der Waals surface area contributed by atoms with Crippen molar-refractivity contribution < 1.29 is 14.7 Å². The molecule has 0 radical (unpaired) electrons. The van der Waals surface area contributed by atoms with Crippen LogP contribution in [0.2, 0.25) is 0 Å². The summed E-state index contributed by atoms with van der Waals surface area (Å²) in [6, 6.07) is 0.218. The SMILES string of the molecule is BC(B)(NC(=O)c1nc(C(=O)N2CCC[C@@H]2C)cs1)C(C)(C)O. The van der Waals surface area contributed by atoms with Crippen molar-refractivity contribution in [2.24, 2.45) is 0 Å². The van der Waals surface area contributed by atoms with E-state index in [2.05, 4.69) is 10.3 Å². The zero-order valence-electron chi connectivity index (χ0n) is 14.3. The number of hydrogen-bond donors (Lipinski definition) is 2. The van der Waals surface area contributed by atoms with Crippen molar-refractivity contribution in [2.45, 2.75) is 50.6 Å². The molecule has 9 heteroatoms. The molecule has 1 atom stereocenters. The lowest BCUT2D eigenvalue weighted by Gasteiger charge is -2.38. The predicted molar refractivity (Wildman–Crippen MR) is 95.4 cm³/mol. The molecule has 2 amide bonds. The Hall–Kier alpha value is -1.34. The molecule has 1 aliphatic heterocycles. The number of likely N-dealkylation sites (tertiary alicyclic amines) is 1. The summed E-state index contributed by atoms with van der Waals surface area (Å²) in [4.78, 5) is 30.8. The Bertz CT molecular complexity index is 613. The first-order valence-corrected chi connectivity index (χ1v) is 8.72. The first-order chi connectivity index (χ1) is 10.5. The second-order valence-corrected chi connectivity index (χ2v) is 8.02. The average molecular weight is 335 g/mol. The Morgan fingerprint density at radius 2 is 2.13 bits per heavy atom. The molecule has 0 spiro atoms. The van der Waals surface area contributed by atoms with Gasteiger partial charge in [-0.25, -0.2) is 4.98 Å². The Balaban J connectivity index is 2.10. The highest BCUT2D eigenvalue weighted by molar-refractivity contribution is 7.11. The van der Waals surface area contributed by atoms with E-state index < -0.39 is 10.9 Å². The molecule has 2 rings (SSSR count). The molecule has 0 aliphatic carbocycles. The molecule has 0 bridgehead atoms. The van der Waals surface area contributed by atoms with Crippen LogP contribution in [-0.2, 0) is 0 Å². The highest BCUT2D eigenvalue weighted by Crippen LogP contribution is 2.21. The molecule has 1 saturated heterocycles. The molecule has 2 N–H and O–H groups in total. The van der Waals surface area contributed by atoms with Gasteiger partial charge < -0.3 is 15.3 Å². The van der Waals surface area contributed by atoms with Crippen molar-refractivity contribution in [2.75, 3.05) is 6.54 Å². The fraction of sp³-hybridized carbons (Fsp3) is 0.643. The lowest BCUT2D eigenvalue weighted by Crippen LogP contribution is -2.63. The van der Waals surface area contributed by atoms with Crippen LogP contribution >= 0.6 is 11.3 Å². The molecule has 23 heavy (non-hydrogen) atoms. The van der Waals surface area contributed by atoms with Crippen LogP contribution in [0.3, 0.4) is 0 Å². The van der Waals surface area contributed by atoms with Gasteiger partial charge in [-0.15, -0.1) is 11.3 Å². The largest absolute Gasteiger partial charge is 0.390 e. The molecule has 1 aliphatic rings. The predicted octanol–water partition coefficient (Wildman–Crippen LogP) is -0.812. The Labute approximate surface area is 142 Å². The van der Waals surface area contributed by atoms with Crippen molar-refractivity contribution in [3.8, 4) is 0 Å². The fourth-order valence-electron chi connectivity index (χ4n) is 2.35. The van der Waals surface area contributed by atoms with Gasteiger partial charge in [-0.2, -0.15) is 0 Å². The molecular formula is C14H23B2N3O3S. The number of carbonyl (C=O) groups excluding carboxylic acids is 2. The van der Waals surface area contributed by atoms with Crippen LogP contribution in [-0.4, -0.2) is 66.0 Å². The number of hydrogen-bond acceptors (Lipinski definition) is 5. The smallest absolute Gasteiger partial charge is 0.279 e. The molecule has 0 unspecified atom stereocenters. The number of nitrogens with zero attached hydrogens (tertiary/aromatic N) is 2. The van der Waals surface area contributed by atoms with E-state index in [4.69, 9.17) is 0 Å². The second-order valence-electron chi connectivity index (χ2n) is 7.17. The summed E-state index contributed by atoms with van der Waals surface area (Å²) in [5.41, 5.74) is -0.765. The summed E-state index contributed by atoms with van der Waals surface area (Å²) in [5, 5.41) is 13.9. The first kappa shape index (κ1) is 18.0. The van der Waals surface area contributed by atoms with Crippen molar-refractivity contribution in [3.63, 3.8) is 0 Å². The number of nitrogens with one attached hydrogen (secondary N) is 1. The van der Waals surface area contributed by atoms with Gasteiger partial charge in [-0.05, 0) is 33.6 Å². The number of thiazole rings is 1. The number of aromatic nitrogens is 1. The average Bonchev–Trinajstić information content (AvgIpc) is 3.04. The molecule has 6 nitrogen and oxygen atoms in total. The van der Waals surface area contributed by atoms with Gasteiger partial charge in [0.15, 0.2) is 5.01 Å². The van der Waals surface area contributed by atoms with E-state index in [1.54, 1.807) is 39.8 Å². The maximum atomic E-state index is 12.4. The zero-order valence-corrected chi connectivity index (χ0v) is 15.2. The summed E-state index contributed by atoms with van der Waals surface area (Å²) in [6.45, 7) is 6.04. The van der Waals surface area contributed by atoms with Gasteiger partial charge in [-0.3, -0.25) is 9.59 Å². The number of carbonyl (C=O) groups is 2. The fourth-order valence-corrected chi connectivity index (χ4v) is 3.03. The van der Waals surface area contributed by atoms with Gasteiger partial charge in [0, 0.05) is 23.3 Å². The minimum absolute atomic E-state index is 0.118. The van der Waals surface area contributed by atoms with E-state index in [0.717, 1.165) is 30.7 Å². The molecule has 1 aromatic heterocycles. The van der Waals surface area contributed by atoms with Crippen LogP contribution in [0, 0.1) is 0 Å². The molecule has 2 heterocycles. The van der Waals surface area contributed by atoms with Gasteiger partial charge in [-0.1, -0.05) is 0 Å². The van der Waals surface area contributed by atoms with Gasteiger partial charge in [0.2, 0.25) is 0 Å². The third-order valence-electron chi connectivity index (χ3n) is 4.69. The highest BCUT2D eigenvalue weighted by Gasteiger charge is 2.37. The molecule has 124 valence electrons. The summed E-state index contributed by atoms with van der Waals surface area (Å²) in [6.07, 6.45) is 2.01. The third kappa shape index (κ3) is 3.77. The van der Waals surface area contributed by atoms with Crippen LogP contribution < -0.4 is 5.32 Å². The van der Waals surface area contributed by atoms with Gasteiger partial charge in [0.05, 0.1) is 5.60 Å². The second kappa shape index (κ2) is 6.28. The topological polar surface area (TPSA) is 82.5 Å². The summed E-state index contributed by atoms with van der Waals surface area (Å²) in [5.74, 6) is -0.498. The van der Waals surface area contributed by atoms with Crippen LogP contribution in [0.4, 0.5) is 0 Å².